The van der Waals surface area contributed by atoms with E-state index >= 15 is 0 Å². The molecule has 2 N–H and O–H groups in total. The van der Waals surface area contributed by atoms with Gasteiger partial charge in [0.2, 0.25) is 0 Å². The Balaban J connectivity index is 2.02. The second kappa shape index (κ2) is 2.71. The van der Waals surface area contributed by atoms with Gasteiger partial charge in [0.15, 0.2) is 0 Å². The van der Waals surface area contributed by atoms with Crippen molar-refractivity contribution in [2.24, 2.45) is 0 Å². The number of likely N-dealkylation sites (tertiary alicyclic amines) is 1. The molecule has 12 heavy (non-hydrogen) atoms. The summed E-state index contributed by atoms with van der Waals surface area (Å²) in [5, 5.41) is 12.2. The van der Waals surface area contributed by atoms with Crippen LogP contribution in [-0.4, -0.2) is 47.2 Å². The molecule has 4 nitrogen and oxygen atoms in total. The van der Waals surface area contributed by atoms with E-state index in [9.17, 15) is 4.79 Å². The van der Waals surface area contributed by atoms with Crippen molar-refractivity contribution in [1.29, 1.82) is 0 Å². The molecule has 0 radical (unpaired) electrons. The van der Waals surface area contributed by atoms with Crippen LogP contribution < -0.4 is 5.32 Å². The summed E-state index contributed by atoms with van der Waals surface area (Å²) < 4.78 is 0. The molecule has 2 heterocycles. The minimum atomic E-state index is -0.706. The van der Waals surface area contributed by atoms with Crippen molar-refractivity contribution >= 4 is 5.97 Å². The summed E-state index contributed by atoms with van der Waals surface area (Å²) in [5.74, 6) is -0.706. The normalized spacial score (nSPS) is 37.1. The van der Waals surface area contributed by atoms with Gasteiger partial charge in [0, 0.05) is 25.2 Å². The lowest BCUT2D eigenvalue weighted by Crippen LogP contribution is -2.50. The standard InChI is InChI=1S/C8H14N2O2/c1-5(8(11)12)10-4-6-2-7(10)3-9-6/h5-7,9H,2-4H2,1H3,(H,11,12). The molecule has 2 bridgehead atoms. The van der Waals surface area contributed by atoms with Crippen molar-refractivity contribution < 1.29 is 9.90 Å². The monoisotopic (exact) mass is 170 g/mol. The molecule has 2 aliphatic rings. The maximum atomic E-state index is 10.7. The van der Waals surface area contributed by atoms with E-state index < -0.39 is 5.97 Å². The fourth-order valence-electron chi connectivity index (χ4n) is 2.21. The lowest BCUT2D eigenvalue weighted by atomic mass is 10.2. The van der Waals surface area contributed by atoms with Crippen LogP contribution in [-0.2, 0) is 4.79 Å². The molecule has 0 amide bonds. The molecule has 2 aliphatic heterocycles. The molecule has 0 spiro atoms. The van der Waals surface area contributed by atoms with E-state index in [-0.39, 0.29) is 6.04 Å². The van der Waals surface area contributed by atoms with Crippen molar-refractivity contribution in [3.63, 3.8) is 0 Å². The highest BCUT2D eigenvalue weighted by Crippen LogP contribution is 2.25. The Bertz CT molecular complexity index is 207. The Hall–Kier alpha value is -0.610. The third kappa shape index (κ3) is 1.11. The van der Waals surface area contributed by atoms with Gasteiger partial charge in [0.25, 0.3) is 0 Å². The van der Waals surface area contributed by atoms with Crippen molar-refractivity contribution in [3.05, 3.63) is 0 Å². The smallest absolute Gasteiger partial charge is 0.320 e. The van der Waals surface area contributed by atoms with Crippen LogP contribution in [0.15, 0.2) is 0 Å². The number of hydrogen-bond donors (Lipinski definition) is 2. The van der Waals surface area contributed by atoms with Crippen LogP contribution in [0.3, 0.4) is 0 Å². The highest BCUT2D eigenvalue weighted by molar-refractivity contribution is 5.73. The molecule has 0 aliphatic carbocycles. The predicted octanol–water partition coefficient (Wildman–Crippen LogP) is -0.494. The SMILES string of the molecule is CC(C(=O)O)N1CC2CC1CN2. The summed E-state index contributed by atoms with van der Waals surface area (Å²) in [7, 11) is 0. The second-order valence-corrected chi connectivity index (χ2v) is 3.71. The van der Waals surface area contributed by atoms with Crippen molar-refractivity contribution in [1.82, 2.24) is 10.2 Å². The highest BCUT2D eigenvalue weighted by Gasteiger charge is 2.41. The number of fused-ring (bicyclic) bond motifs is 2. The van der Waals surface area contributed by atoms with Crippen molar-refractivity contribution in [2.75, 3.05) is 13.1 Å². The summed E-state index contributed by atoms with van der Waals surface area (Å²) >= 11 is 0. The second-order valence-electron chi connectivity index (χ2n) is 3.71. The Labute approximate surface area is 71.5 Å². The summed E-state index contributed by atoms with van der Waals surface area (Å²) in [6.07, 6.45) is 1.12. The van der Waals surface area contributed by atoms with E-state index in [1.165, 1.54) is 0 Å². The van der Waals surface area contributed by atoms with Crippen LogP contribution in [0.4, 0.5) is 0 Å². The van der Waals surface area contributed by atoms with Gasteiger partial charge >= 0.3 is 5.97 Å². The van der Waals surface area contributed by atoms with Crippen LogP contribution in [0.1, 0.15) is 13.3 Å². The first-order valence-corrected chi connectivity index (χ1v) is 4.40. The van der Waals surface area contributed by atoms with Gasteiger partial charge in [-0.25, -0.2) is 0 Å². The maximum absolute atomic E-state index is 10.7. The van der Waals surface area contributed by atoms with Gasteiger partial charge in [-0.3, -0.25) is 9.69 Å². The number of piperazine rings is 1. The van der Waals surface area contributed by atoms with Crippen LogP contribution in [0, 0.1) is 0 Å². The summed E-state index contributed by atoms with van der Waals surface area (Å²) in [4.78, 5) is 12.8. The molecule has 0 aromatic rings. The molecule has 68 valence electrons. The highest BCUT2D eigenvalue weighted by atomic mass is 16.4. The minimum Gasteiger partial charge on any atom is -0.480 e. The number of hydrogen-bond acceptors (Lipinski definition) is 3. The van der Waals surface area contributed by atoms with E-state index in [1.807, 2.05) is 0 Å². The number of carbonyl (C=O) groups is 1. The summed E-state index contributed by atoms with van der Waals surface area (Å²) in [6, 6.07) is 0.681. The number of nitrogens with zero attached hydrogens (tertiary/aromatic N) is 1. The predicted molar refractivity (Wildman–Crippen MR) is 44.0 cm³/mol. The lowest BCUT2D eigenvalue weighted by Gasteiger charge is -2.30. The number of aliphatic carboxylic acids is 1. The topological polar surface area (TPSA) is 52.6 Å². The fraction of sp³-hybridized carbons (Fsp3) is 0.875. The van der Waals surface area contributed by atoms with Gasteiger partial charge in [0.1, 0.15) is 6.04 Å². The Morgan fingerprint density at radius 3 is 2.92 bits per heavy atom. The quantitative estimate of drug-likeness (QED) is 0.587. The van der Waals surface area contributed by atoms with Crippen molar-refractivity contribution in [3.8, 4) is 0 Å². The first-order chi connectivity index (χ1) is 5.68. The zero-order valence-corrected chi connectivity index (χ0v) is 7.16. The van der Waals surface area contributed by atoms with Gasteiger partial charge in [-0.05, 0) is 13.3 Å². The molecule has 3 unspecified atom stereocenters. The van der Waals surface area contributed by atoms with Crippen LogP contribution >= 0.6 is 0 Å². The average molecular weight is 170 g/mol. The number of nitrogens with one attached hydrogen (secondary N) is 1. The lowest BCUT2D eigenvalue weighted by molar-refractivity contribution is -0.143. The van der Waals surface area contributed by atoms with Crippen LogP contribution in [0.2, 0.25) is 0 Å². The van der Waals surface area contributed by atoms with E-state index in [4.69, 9.17) is 5.11 Å². The Morgan fingerprint density at radius 2 is 2.50 bits per heavy atom. The van der Waals surface area contributed by atoms with E-state index in [2.05, 4.69) is 10.2 Å². The molecule has 2 rings (SSSR count). The molecule has 0 aromatic heterocycles. The largest absolute Gasteiger partial charge is 0.480 e. The number of carboxylic acids is 1. The molecule has 3 atom stereocenters. The van der Waals surface area contributed by atoms with E-state index in [0.29, 0.717) is 12.1 Å². The zero-order chi connectivity index (χ0) is 8.72. The van der Waals surface area contributed by atoms with Crippen LogP contribution in [0.25, 0.3) is 0 Å². The minimum absolute atomic E-state index is 0.318. The van der Waals surface area contributed by atoms with Gasteiger partial charge < -0.3 is 10.4 Å². The maximum Gasteiger partial charge on any atom is 0.320 e. The Kier molecular flexibility index (Phi) is 1.81. The molecule has 0 aromatic carbocycles. The molecule has 2 saturated heterocycles. The van der Waals surface area contributed by atoms with E-state index in [0.717, 1.165) is 19.5 Å². The van der Waals surface area contributed by atoms with Crippen molar-refractivity contribution in [2.45, 2.75) is 31.5 Å². The van der Waals surface area contributed by atoms with Gasteiger partial charge in [-0.1, -0.05) is 0 Å². The third-order valence-electron chi connectivity index (χ3n) is 2.95. The fourth-order valence-corrected chi connectivity index (χ4v) is 2.21. The van der Waals surface area contributed by atoms with Gasteiger partial charge in [-0.15, -0.1) is 0 Å². The molecular formula is C8H14N2O2. The summed E-state index contributed by atoms with van der Waals surface area (Å²) in [5.41, 5.74) is 0. The molecular weight excluding hydrogens is 156 g/mol. The molecule has 2 fully saturated rings. The zero-order valence-electron chi connectivity index (χ0n) is 7.16. The number of rotatable bonds is 2. The van der Waals surface area contributed by atoms with Crippen LogP contribution in [0.5, 0.6) is 0 Å². The third-order valence-corrected chi connectivity index (χ3v) is 2.95. The average Bonchev–Trinajstić information content (AvgIpc) is 2.62. The first-order valence-electron chi connectivity index (χ1n) is 4.40. The molecule has 0 saturated carbocycles. The Morgan fingerprint density at radius 1 is 1.75 bits per heavy atom. The van der Waals surface area contributed by atoms with Gasteiger partial charge in [-0.2, -0.15) is 0 Å². The van der Waals surface area contributed by atoms with Gasteiger partial charge in [0.05, 0.1) is 0 Å². The summed E-state index contributed by atoms with van der Waals surface area (Å²) in [6.45, 7) is 3.63. The molecule has 4 heteroatoms. The first kappa shape index (κ1) is 8.01. The number of carboxylic acid groups (broad SMARTS) is 1. The van der Waals surface area contributed by atoms with E-state index in [1.54, 1.807) is 6.92 Å².